The predicted molar refractivity (Wildman–Crippen MR) is 68.3 cm³/mol. The van der Waals surface area contributed by atoms with Crippen LogP contribution in [0.2, 0.25) is 0 Å². The highest BCUT2D eigenvalue weighted by Gasteiger charge is 2.22. The molecule has 0 radical (unpaired) electrons. The molecule has 0 aromatic carbocycles. The number of allylic oxidation sites excluding steroid dienone is 1. The summed E-state index contributed by atoms with van der Waals surface area (Å²) in [4.78, 5) is 4.67. The number of nitrogens with zero attached hydrogens (tertiary/aromatic N) is 1. The molecule has 0 N–H and O–H groups in total. The molecule has 0 atom stereocenters. The molecule has 1 nitrogen and oxygen atoms in total. The molecule has 0 spiro atoms. The standard InChI is InChI=1S/C14H25N/c1-5-6-14(9-13-7-8-13)15-10-12(4)11(2)3/h10-11,13H,5-9H2,1-4H3/b12-10+,15-14?. The molecule has 0 saturated heterocycles. The van der Waals surface area contributed by atoms with Gasteiger partial charge in [0.05, 0.1) is 0 Å². The lowest BCUT2D eigenvalue weighted by molar-refractivity contribution is 0.765. The lowest BCUT2D eigenvalue weighted by Gasteiger charge is -2.05. The highest BCUT2D eigenvalue weighted by molar-refractivity contribution is 5.85. The Bertz CT molecular complexity index is 244. The van der Waals surface area contributed by atoms with Crippen molar-refractivity contribution in [1.29, 1.82) is 0 Å². The van der Waals surface area contributed by atoms with Crippen molar-refractivity contribution in [2.45, 2.75) is 59.8 Å². The molecule has 0 heterocycles. The van der Waals surface area contributed by atoms with E-state index in [0.717, 1.165) is 5.92 Å². The van der Waals surface area contributed by atoms with E-state index in [-0.39, 0.29) is 0 Å². The van der Waals surface area contributed by atoms with Crippen molar-refractivity contribution in [3.05, 3.63) is 11.8 Å². The van der Waals surface area contributed by atoms with Crippen molar-refractivity contribution in [2.75, 3.05) is 0 Å². The van der Waals surface area contributed by atoms with Gasteiger partial charge in [-0.3, -0.25) is 4.99 Å². The van der Waals surface area contributed by atoms with Gasteiger partial charge in [0, 0.05) is 11.9 Å². The van der Waals surface area contributed by atoms with E-state index in [0.29, 0.717) is 5.92 Å². The number of hydrogen-bond acceptors (Lipinski definition) is 1. The zero-order valence-corrected chi connectivity index (χ0v) is 10.7. The number of hydrogen-bond donors (Lipinski definition) is 0. The van der Waals surface area contributed by atoms with Crippen LogP contribution in [0, 0.1) is 11.8 Å². The second-order valence-corrected chi connectivity index (χ2v) is 5.12. The first kappa shape index (κ1) is 12.5. The van der Waals surface area contributed by atoms with Crippen LogP contribution in [0.25, 0.3) is 0 Å². The average molecular weight is 207 g/mol. The Labute approximate surface area is 94.7 Å². The van der Waals surface area contributed by atoms with Crippen molar-refractivity contribution in [3.63, 3.8) is 0 Å². The van der Waals surface area contributed by atoms with Crippen LogP contribution in [-0.2, 0) is 0 Å². The van der Waals surface area contributed by atoms with E-state index in [1.54, 1.807) is 0 Å². The van der Waals surface area contributed by atoms with Gasteiger partial charge in [-0.05, 0) is 44.4 Å². The number of aliphatic imine (C=N–C) groups is 1. The summed E-state index contributed by atoms with van der Waals surface area (Å²) in [6.07, 6.45) is 8.58. The van der Waals surface area contributed by atoms with E-state index in [4.69, 9.17) is 0 Å². The maximum Gasteiger partial charge on any atom is 0.0258 e. The van der Waals surface area contributed by atoms with Crippen molar-refractivity contribution >= 4 is 5.71 Å². The summed E-state index contributed by atoms with van der Waals surface area (Å²) in [5, 5.41) is 0. The van der Waals surface area contributed by atoms with E-state index in [1.807, 2.05) is 0 Å². The van der Waals surface area contributed by atoms with Gasteiger partial charge in [0.15, 0.2) is 0 Å². The van der Waals surface area contributed by atoms with Gasteiger partial charge in [-0.1, -0.05) is 32.8 Å². The third-order valence-electron chi connectivity index (χ3n) is 3.12. The normalized spacial score (nSPS) is 18.7. The van der Waals surface area contributed by atoms with Crippen LogP contribution < -0.4 is 0 Å². The monoisotopic (exact) mass is 207 g/mol. The molecular formula is C14H25N. The summed E-state index contributed by atoms with van der Waals surface area (Å²) >= 11 is 0. The van der Waals surface area contributed by atoms with E-state index >= 15 is 0 Å². The molecule has 1 rings (SSSR count). The van der Waals surface area contributed by atoms with Crippen LogP contribution in [-0.4, -0.2) is 5.71 Å². The van der Waals surface area contributed by atoms with Gasteiger partial charge in [-0.2, -0.15) is 0 Å². The average Bonchev–Trinajstić information content (AvgIpc) is 2.97. The second kappa shape index (κ2) is 6.09. The molecule has 1 saturated carbocycles. The van der Waals surface area contributed by atoms with Gasteiger partial charge in [-0.25, -0.2) is 0 Å². The lowest BCUT2D eigenvalue weighted by Crippen LogP contribution is -1.99. The maximum absolute atomic E-state index is 4.67. The largest absolute Gasteiger partial charge is 0.266 e. The minimum Gasteiger partial charge on any atom is -0.266 e. The molecular weight excluding hydrogens is 182 g/mol. The van der Waals surface area contributed by atoms with E-state index in [9.17, 15) is 0 Å². The SMILES string of the molecule is CCCC(CC1CC1)=N/C=C(\C)C(C)C. The quantitative estimate of drug-likeness (QED) is 0.565. The van der Waals surface area contributed by atoms with Gasteiger partial charge in [-0.15, -0.1) is 0 Å². The van der Waals surface area contributed by atoms with Crippen LogP contribution in [0.4, 0.5) is 0 Å². The number of rotatable bonds is 6. The molecule has 1 aliphatic carbocycles. The Morgan fingerprint density at radius 3 is 2.53 bits per heavy atom. The molecule has 0 unspecified atom stereocenters. The van der Waals surface area contributed by atoms with Crippen LogP contribution in [0.5, 0.6) is 0 Å². The van der Waals surface area contributed by atoms with E-state index in [2.05, 4.69) is 38.9 Å². The molecule has 0 bridgehead atoms. The summed E-state index contributed by atoms with van der Waals surface area (Å²) in [6.45, 7) is 8.86. The van der Waals surface area contributed by atoms with Crippen molar-refractivity contribution in [3.8, 4) is 0 Å². The minimum atomic E-state index is 0.623. The first-order valence-electron chi connectivity index (χ1n) is 6.35. The third kappa shape index (κ3) is 5.15. The molecule has 1 heteroatoms. The Morgan fingerprint density at radius 2 is 2.07 bits per heavy atom. The smallest absolute Gasteiger partial charge is 0.0258 e. The predicted octanol–water partition coefficient (Wildman–Crippen LogP) is 4.59. The van der Waals surface area contributed by atoms with Crippen molar-refractivity contribution in [2.24, 2.45) is 16.8 Å². The molecule has 1 fully saturated rings. The molecule has 0 aromatic rings. The van der Waals surface area contributed by atoms with E-state index in [1.165, 1.54) is 43.4 Å². The highest BCUT2D eigenvalue weighted by atomic mass is 14.7. The Kier molecular flexibility index (Phi) is 5.07. The molecule has 0 aliphatic heterocycles. The van der Waals surface area contributed by atoms with Crippen molar-refractivity contribution in [1.82, 2.24) is 0 Å². The fraction of sp³-hybridized carbons (Fsp3) is 0.786. The summed E-state index contributed by atoms with van der Waals surface area (Å²) < 4.78 is 0. The van der Waals surface area contributed by atoms with E-state index < -0.39 is 0 Å². The summed E-state index contributed by atoms with van der Waals surface area (Å²) in [7, 11) is 0. The van der Waals surface area contributed by atoms with Crippen LogP contribution in [0.15, 0.2) is 16.8 Å². The van der Waals surface area contributed by atoms with Gasteiger partial charge in [0.25, 0.3) is 0 Å². The molecule has 0 aromatic heterocycles. The molecule has 1 aliphatic rings. The Morgan fingerprint density at radius 1 is 1.40 bits per heavy atom. The van der Waals surface area contributed by atoms with Crippen LogP contribution >= 0.6 is 0 Å². The summed E-state index contributed by atoms with van der Waals surface area (Å²) in [6, 6.07) is 0. The minimum absolute atomic E-state index is 0.623. The zero-order valence-electron chi connectivity index (χ0n) is 10.7. The summed E-state index contributed by atoms with van der Waals surface area (Å²) in [5.41, 5.74) is 2.81. The first-order chi connectivity index (χ1) is 7.13. The zero-order chi connectivity index (χ0) is 11.3. The summed E-state index contributed by atoms with van der Waals surface area (Å²) in [5.74, 6) is 1.58. The highest BCUT2D eigenvalue weighted by Crippen LogP contribution is 2.33. The maximum atomic E-state index is 4.67. The fourth-order valence-electron chi connectivity index (χ4n) is 1.51. The Balaban J connectivity index is 2.52. The molecule has 86 valence electrons. The van der Waals surface area contributed by atoms with Gasteiger partial charge >= 0.3 is 0 Å². The fourth-order valence-corrected chi connectivity index (χ4v) is 1.51. The molecule has 0 amide bonds. The molecule has 15 heavy (non-hydrogen) atoms. The lowest BCUT2D eigenvalue weighted by atomic mass is 10.1. The Hall–Kier alpha value is -0.590. The third-order valence-corrected chi connectivity index (χ3v) is 3.12. The van der Waals surface area contributed by atoms with Crippen LogP contribution in [0.3, 0.4) is 0 Å². The van der Waals surface area contributed by atoms with Gasteiger partial charge in [0.2, 0.25) is 0 Å². The second-order valence-electron chi connectivity index (χ2n) is 5.12. The van der Waals surface area contributed by atoms with Gasteiger partial charge in [0.1, 0.15) is 0 Å². The van der Waals surface area contributed by atoms with Crippen molar-refractivity contribution < 1.29 is 0 Å². The van der Waals surface area contributed by atoms with Crippen LogP contribution in [0.1, 0.15) is 59.8 Å². The first-order valence-corrected chi connectivity index (χ1v) is 6.35. The van der Waals surface area contributed by atoms with Gasteiger partial charge < -0.3 is 0 Å². The topological polar surface area (TPSA) is 12.4 Å².